The molecule has 7 heteroatoms. The Morgan fingerprint density at radius 3 is 2.74 bits per heavy atom. The molecular formula is C12H7F3O4. The monoisotopic (exact) mass is 272 g/mol. The molecule has 2 aliphatic heterocycles. The van der Waals surface area contributed by atoms with Crippen molar-refractivity contribution in [3.63, 3.8) is 0 Å². The van der Waals surface area contributed by atoms with Gasteiger partial charge in [-0.05, 0) is 17.7 Å². The summed E-state index contributed by atoms with van der Waals surface area (Å²) in [4.78, 5) is 11.0. The molecule has 0 fully saturated rings. The molecule has 1 N–H and O–H groups in total. The van der Waals surface area contributed by atoms with E-state index in [0.717, 1.165) is 0 Å². The Morgan fingerprint density at radius 2 is 2.11 bits per heavy atom. The molecule has 0 aromatic heterocycles. The zero-order valence-electron chi connectivity index (χ0n) is 9.27. The number of hydrogen-bond acceptors (Lipinski definition) is 3. The van der Waals surface area contributed by atoms with Crippen LogP contribution in [0.3, 0.4) is 0 Å². The Bertz CT molecular complexity index is 591. The van der Waals surface area contributed by atoms with Crippen LogP contribution in [0.5, 0.6) is 5.75 Å². The van der Waals surface area contributed by atoms with Crippen LogP contribution < -0.4 is 4.74 Å². The van der Waals surface area contributed by atoms with Crippen molar-refractivity contribution in [3.8, 4) is 5.75 Å². The Morgan fingerprint density at radius 1 is 1.37 bits per heavy atom. The summed E-state index contributed by atoms with van der Waals surface area (Å²) in [5, 5.41) is 8.96. The Kier molecular flexibility index (Phi) is 2.37. The Balaban J connectivity index is 2.03. The average Bonchev–Trinajstić information content (AvgIpc) is 2.85. The first-order valence-corrected chi connectivity index (χ1v) is 5.36. The van der Waals surface area contributed by atoms with E-state index in [9.17, 15) is 18.0 Å². The number of carbonyl (C=O) groups is 1. The van der Waals surface area contributed by atoms with Crippen molar-refractivity contribution >= 4 is 5.97 Å². The predicted molar refractivity (Wildman–Crippen MR) is 55.4 cm³/mol. The molecule has 1 aromatic carbocycles. The molecule has 2 heterocycles. The topological polar surface area (TPSA) is 55.8 Å². The minimum Gasteiger partial charge on any atom is -0.478 e. The smallest absolute Gasteiger partial charge is 0.478 e. The highest BCUT2D eigenvalue weighted by molar-refractivity contribution is 5.90. The van der Waals surface area contributed by atoms with Gasteiger partial charge in [0.1, 0.15) is 18.0 Å². The van der Waals surface area contributed by atoms with Gasteiger partial charge in [0.2, 0.25) is 0 Å². The molecule has 3 rings (SSSR count). The van der Waals surface area contributed by atoms with Crippen molar-refractivity contribution in [2.75, 3.05) is 0 Å². The van der Waals surface area contributed by atoms with E-state index in [0.29, 0.717) is 5.56 Å². The second kappa shape index (κ2) is 3.74. The van der Waals surface area contributed by atoms with Gasteiger partial charge in [-0.2, -0.15) is 0 Å². The zero-order chi connectivity index (χ0) is 13.8. The van der Waals surface area contributed by atoms with Crippen LogP contribution in [0.1, 0.15) is 23.3 Å². The number of ether oxygens (including phenoxy) is 2. The fourth-order valence-corrected chi connectivity index (χ4v) is 2.39. The molecule has 0 spiro atoms. The minimum absolute atomic E-state index is 0.0432. The largest absolute Gasteiger partial charge is 0.573 e. The lowest BCUT2D eigenvalue weighted by atomic mass is 9.91. The number of carboxylic acid groups (broad SMARTS) is 1. The van der Waals surface area contributed by atoms with Crippen molar-refractivity contribution in [1.82, 2.24) is 0 Å². The molecule has 4 nitrogen and oxygen atoms in total. The number of alkyl halides is 3. The normalized spacial score (nSPS) is 24.1. The SMILES string of the molecule is O=C(O)C1=C[C@H]2O[C@H]1c1cccc(OC(F)(F)F)c12. The second-order valence-corrected chi connectivity index (χ2v) is 4.17. The Labute approximate surface area is 105 Å². The van der Waals surface area contributed by atoms with Crippen LogP contribution >= 0.6 is 0 Å². The second-order valence-electron chi connectivity index (χ2n) is 4.17. The van der Waals surface area contributed by atoms with E-state index >= 15 is 0 Å². The standard InChI is InChI=1S/C12H7F3O4/c13-12(14,15)19-7-3-1-2-5-9(7)8-4-6(11(16)17)10(5)18-8/h1-4,8,10H,(H,16,17)/t8-,10+/m1/s1. The molecule has 19 heavy (non-hydrogen) atoms. The highest BCUT2D eigenvalue weighted by Crippen LogP contribution is 2.53. The van der Waals surface area contributed by atoms with Crippen molar-refractivity contribution in [2.24, 2.45) is 0 Å². The fraction of sp³-hybridized carbons (Fsp3) is 0.250. The number of benzene rings is 1. The summed E-state index contributed by atoms with van der Waals surface area (Å²) < 4.78 is 46.1. The maximum absolute atomic E-state index is 12.3. The first kappa shape index (κ1) is 12.0. The molecule has 0 amide bonds. The third-order valence-corrected chi connectivity index (χ3v) is 3.04. The quantitative estimate of drug-likeness (QED) is 0.899. The van der Waals surface area contributed by atoms with Gasteiger partial charge in [-0.15, -0.1) is 13.2 Å². The van der Waals surface area contributed by atoms with Crippen LogP contribution in [0, 0.1) is 0 Å². The predicted octanol–water partition coefficient (Wildman–Crippen LogP) is 2.72. The Hall–Kier alpha value is -2.02. The summed E-state index contributed by atoms with van der Waals surface area (Å²) >= 11 is 0. The molecule has 2 atom stereocenters. The first-order valence-electron chi connectivity index (χ1n) is 5.36. The molecular weight excluding hydrogens is 265 g/mol. The van der Waals surface area contributed by atoms with Crippen LogP contribution in [0.2, 0.25) is 0 Å². The molecule has 0 unspecified atom stereocenters. The summed E-state index contributed by atoms with van der Waals surface area (Å²) in [5.74, 6) is -1.49. The van der Waals surface area contributed by atoms with Gasteiger partial charge in [0, 0.05) is 5.56 Å². The highest BCUT2D eigenvalue weighted by Gasteiger charge is 2.45. The van der Waals surface area contributed by atoms with E-state index in [1.807, 2.05) is 0 Å². The number of fused-ring (bicyclic) bond motifs is 5. The van der Waals surface area contributed by atoms with Crippen molar-refractivity contribution in [1.29, 1.82) is 0 Å². The summed E-state index contributed by atoms with van der Waals surface area (Å²) in [5.41, 5.74) is 0.697. The van der Waals surface area contributed by atoms with Crippen LogP contribution in [0.4, 0.5) is 13.2 Å². The van der Waals surface area contributed by atoms with Gasteiger partial charge < -0.3 is 14.6 Å². The lowest BCUT2D eigenvalue weighted by molar-refractivity contribution is -0.275. The molecule has 0 radical (unpaired) electrons. The first-order chi connectivity index (χ1) is 8.87. The number of aliphatic carboxylic acids is 1. The van der Waals surface area contributed by atoms with Crippen LogP contribution in [0.25, 0.3) is 0 Å². The van der Waals surface area contributed by atoms with Gasteiger partial charge in [-0.25, -0.2) is 4.79 Å². The molecule has 0 saturated heterocycles. The van der Waals surface area contributed by atoms with Gasteiger partial charge in [0.05, 0.1) is 5.57 Å². The van der Waals surface area contributed by atoms with Gasteiger partial charge in [0.15, 0.2) is 0 Å². The third kappa shape index (κ3) is 1.86. The number of carboxylic acids is 1. The van der Waals surface area contributed by atoms with E-state index in [1.165, 1.54) is 18.2 Å². The molecule has 0 saturated carbocycles. The van der Waals surface area contributed by atoms with Gasteiger partial charge in [-0.1, -0.05) is 12.1 Å². The van der Waals surface area contributed by atoms with E-state index in [1.54, 1.807) is 6.07 Å². The van der Waals surface area contributed by atoms with Crippen molar-refractivity contribution in [3.05, 3.63) is 41.0 Å². The molecule has 2 bridgehead atoms. The van der Waals surface area contributed by atoms with E-state index in [2.05, 4.69) is 4.74 Å². The molecule has 2 aliphatic rings. The van der Waals surface area contributed by atoms with E-state index in [4.69, 9.17) is 9.84 Å². The maximum Gasteiger partial charge on any atom is 0.573 e. The summed E-state index contributed by atoms with van der Waals surface area (Å²) in [6.07, 6.45) is -5.12. The van der Waals surface area contributed by atoms with E-state index in [-0.39, 0.29) is 16.9 Å². The maximum atomic E-state index is 12.3. The van der Waals surface area contributed by atoms with Crippen LogP contribution in [0.15, 0.2) is 29.8 Å². The molecule has 1 aromatic rings. The van der Waals surface area contributed by atoms with Crippen molar-refractivity contribution in [2.45, 2.75) is 18.6 Å². The van der Waals surface area contributed by atoms with Crippen molar-refractivity contribution < 1.29 is 32.5 Å². The number of rotatable bonds is 2. The third-order valence-electron chi connectivity index (χ3n) is 3.04. The van der Waals surface area contributed by atoms with Gasteiger partial charge in [-0.3, -0.25) is 0 Å². The lowest BCUT2D eigenvalue weighted by Crippen LogP contribution is -2.19. The van der Waals surface area contributed by atoms with Crippen LogP contribution in [-0.2, 0) is 9.53 Å². The van der Waals surface area contributed by atoms with Gasteiger partial charge in [0.25, 0.3) is 0 Å². The zero-order valence-corrected chi connectivity index (χ0v) is 9.27. The molecule has 100 valence electrons. The highest BCUT2D eigenvalue weighted by atomic mass is 19.4. The fourth-order valence-electron chi connectivity index (χ4n) is 2.39. The van der Waals surface area contributed by atoms with E-state index < -0.39 is 24.5 Å². The number of hydrogen-bond donors (Lipinski definition) is 1. The van der Waals surface area contributed by atoms with Crippen LogP contribution in [-0.4, -0.2) is 17.4 Å². The number of halogens is 3. The average molecular weight is 272 g/mol. The summed E-state index contributed by atoms with van der Waals surface area (Å²) in [6, 6.07) is 4.10. The summed E-state index contributed by atoms with van der Waals surface area (Å²) in [7, 11) is 0. The minimum atomic E-state index is -4.80. The van der Waals surface area contributed by atoms with Gasteiger partial charge >= 0.3 is 12.3 Å². The summed E-state index contributed by atoms with van der Waals surface area (Å²) in [6.45, 7) is 0. The molecule has 0 aliphatic carbocycles. The lowest BCUT2D eigenvalue weighted by Gasteiger charge is -2.16.